The quantitative estimate of drug-likeness (QED) is 0.144. The number of phenols is 4. The van der Waals surface area contributed by atoms with Crippen molar-refractivity contribution in [1.82, 2.24) is 0 Å². The van der Waals surface area contributed by atoms with Crippen LogP contribution in [0.3, 0.4) is 0 Å². The highest BCUT2D eigenvalue weighted by molar-refractivity contribution is 5.91. The molecule has 16 heteroatoms. The maximum atomic E-state index is 13.3. The number of hydrogen-bond acceptors (Lipinski definition) is 16. The van der Waals surface area contributed by atoms with E-state index in [1.54, 1.807) is 0 Å². The van der Waals surface area contributed by atoms with E-state index in [-0.39, 0.29) is 5.56 Å². The second kappa shape index (κ2) is 11.4. The van der Waals surface area contributed by atoms with E-state index in [4.69, 9.17) is 18.6 Å². The van der Waals surface area contributed by atoms with E-state index < -0.39 is 124 Å². The topological polar surface area (TPSA) is 280 Å². The molecule has 5 rings (SSSR count). The minimum absolute atomic E-state index is 0.123. The minimum atomic E-state index is -1.94. The van der Waals surface area contributed by atoms with Gasteiger partial charge in [-0.3, -0.25) is 4.79 Å². The average Bonchev–Trinajstić information content (AvgIpc) is 2.96. The Hall–Kier alpha value is -3.71. The maximum Gasteiger partial charge on any atom is 0.238 e. The average molecular weight is 611 g/mol. The Bertz CT molecular complexity index is 1570. The fourth-order valence-corrected chi connectivity index (χ4v) is 5.23. The summed E-state index contributed by atoms with van der Waals surface area (Å²) in [6.07, 6.45) is -16.8. The third-order valence-corrected chi connectivity index (χ3v) is 7.63. The Labute approximate surface area is 241 Å². The summed E-state index contributed by atoms with van der Waals surface area (Å²) >= 11 is 0. The van der Waals surface area contributed by atoms with E-state index in [1.807, 2.05) is 0 Å². The number of fused-ring (bicyclic) bond motifs is 1. The first kappa shape index (κ1) is 30.7. The SMILES string of the molecule is C[C@@H]1O[C@@H](O[C@@H]2[C@@H](O)[C@H](O)[C@@H](CO)O[C@H]2c2c(O)cc(O)c3c(=O)c(O)c(-c4ccc(O)c(O)c4)oc23)[C@H](O)[C@H](O)[C@H]1O. The highest BCUT2D eigenvalue weighted by Crippen LogP contribution is 2.46. The van der Waals surface area contributed by atoms with Crippen LogP contribution in [0.5, 0.6) is 28.7 Å². The summed E-state index contributed by atoms with van der Waals surface area (Å²) in [7, 11) is 0. The van der Waals surface area contributed by atoms with Gasteiger partial charge in [0, 0.05) is 11.6 Å². The second-order valence-corrected chi connectivity index (χ2v) is 10.4. The minimum Gasteiger partial charge on any atom is -0.507 e. The molecule has 2 aliphatic rings. The molecule has 0 unspecified atom stereocenters. The van der Waals surface area contributed by atoms with E-state index in [2.05, 4.69) is 0 Å². The van der Waals surface area contributed by atoms with Crippen molar-refractivity contribution >= 4 is 11.0 Å². The Morgan fingerprint density at radius 2 is 1.49 bits per heavy atom. The van der Waals surface area contributed by atoms with E-state index in [0.29, 0.717) is 6.07 Å². The van der Waals surface area contributed by atoms with Crippen molar-refractivity contribution in [3.05, 3.63) is 40.1 Å². The van der Waals surface area contributed by atoms with Crippen molar-refractivity contribution in [3.8, 4) is 40.1 Å². The standard InChI is InChI=1S/C27H30O16/c1-7-16(33)19(36)22(39)27(40-7)43-26-20(37)17(34)13(6-28)41-25(26)15-12(32)5-11(31)14-18(35)21(38)23(42-24(14)15)8-2-3-9(29)10(30)4-8/h2-5,7,13,16-17,19-20,22,25-34,36-39H,6H2,1H3/t7-,13+,16-,17+,19+,20-,22+,25-,26+,27-/m0/s1. The van der Waals surface area contributed by atoms with Gasteiger partial charge in [0.25, 0.3) is 0 Å². The zero-order valence-electron chi connectivity index (χ0n) is 22.3. The van der Waals surface area contributed by atoms with E-state index in [1.165, 1.54) is 13.0 Å². The third-order valence-electron chi connectivity index (χ3n) is 7.63. The van der Waals surface area contributed by atoms with Crippen molar-refractivity contribution in [3.63, 3.8) is 0 Å². The molecule has 0 radical (unpaired) electrons. The van der Waals surface area contributed by atoms with Crippen LogP contribution in [-0.4, -0.2) is 118 Å². The smallest absolute Gasteiger partial charge is 0.238 e. The fraction of sp³-hybridized carbons (Fsp3) is 0.444. The van der Waals surface area contributed by atoms with Crippen LogP contribution in [0.1, 0.15) is 18.6 Å². The van der Waals surface area contributed by atoms with Crippen molar-refractivity contribution in [1.29, 1.82) is 0 Å². The molecular weight excluding hydrogens is 580 g/mol. The summed E-state index contributed by atoms with van der Waals surface area (Å²) in [5, 5.41) is 113. The Morgan fingerprint density at radius 1 is 0.791 bits per heavy atom. The summed E-state index contributed by atoms with van der Waals surface area (Å²) in [6, 6.07) is 3.87. The summed E-state index contributed by atoms with van der Waals surface area (Å²) in [4.78, 5) is 13.3. The summed E-state index contributed by atoms with van der Waals surface area (Å²) in [5.41, 5.74) is -2.42. The molecular formula is C27H30O16. The Morgan fingerprint density at radius 3 is 2.14 bits per heavy atom. The molecule has 0 aliphatic carbocycles. The number of rotatable bonds is 5. The summed E-state index contributed by atoms with van der Waals surface area (Å²) < 4.78 is 22.7. The van der Waals surface area contributed by atoms with E-state index >= 15 is 0 Å². The van der Waals surface area contributed by atoms with Gasteiger partial charge in [-0.15, -0.1) is 0 Å². The predicted octanol–water partition coefficient (Wildman–Crippen LogP) is -1.65. The van der Waals surface area contributed by atoms with Crippen LogP contribution in [0.4, 0.5) is 0 Å². The van der Waals surface area contributed by atoms with Gasteiger partial charge < -0.3 is 74.8 Å². The first-order chi connectivity index (χ1) is 20.3. The lowest BCUT2D eigenvalue weighted by Gasteiger charge is -2.46. The molecule has 2 saturated heterocycles. The zero-order chi connectivity index (χ0) is 31.5. The summed E-state index contributed by atoms with van der Waals surface area (Å²) in [5.74, 6) is -4.41. The highest BCUT2D eigenvalue weighted by Gasteiger charge is 2.51. The molecule has 11 N–H and O–H groups in total. The highest BCUT2D eigenvalue weighted by atomic mass is 16.7. The van der Waals surface area contributed by atoms with Crippen molar-refractivity contribution in [2.24, 2.45) is 0 Å². The molecule has 43 heavy (non-hydrogen) atoms. The number of aliphatic hydroxyl groups excluding tert-OH is 6. The van der Waals surface area contributed by atoms with E-state index in [9.17, 15) is 61.0 Å². The van der Waals surface area contributed by atoms with Crippen LogP contribution in [0, 0.1) is 0 Å². The lowest BCUT2D eigenvalue weighted by atomic mass is 9.89. The normalized spacial score (nSPS) is 33.1. The van der Waals surface area contributed by atoms with Gasteiger partial charge in [0.05, 0.1) is 18.3 Å². The first-order valence-corrected chi connectivity index (χ1v) is 13.0. The van der Waals surface area contributed by atoms with Crippen molar-refractivity contribution < 1.29 is 74.8 Å². The molecule has 2 aliphatic heterocycles. The van der Waals surface area contributed by atoms with Crippen LogP contribution >= 0.6 is 0 Å². The summed E-state index contributed by atoms with van der Waals surface area (Å²) in [6.45, 7) is 0.507. The van der Waals surface area contributed by atoms with Crippen LogP contribution in [0.2, 0.25) is 0 Å². The van der Waals surface area contributed by atoms with E-state index in [0.717, 1.165) is 12.1 Å². The molecule has 234 valence electrons. The molecule has 0 amide bonds. The van der Waals surface area contributed by atoms with Gasteiger partial charge in [-0.05, 0) is 25.1 Å². The molecule has 0 saturated carbocycles. The molecule has 0 bridgehead atoms. The number of aromatic hydroxyl groups is 5. The van der Waals surface area contributed by atoms with Gasteiger partial charge >= 0.3 is 0 Å². The zero-order valence-corrected chi connectivity index (χ0v) is 22.3. The van der Waals surface area contributed by atoms with Crippen molar-refractivity contribution in [2.45, 2.75) is 68.1 Å². The lowest BCUT2D eigenvalue weighted by Crippen LogP contribution is -2.61. The van der Waals surface area contributed by atoms with Gasteiger partial charge in [0.2, 0.25) is 11.2 Å². The van der Waals surface area contributed by atoms with Crippen LogP contribution < -0.4 is 5.43 Å². The van der Waals surface area contributed by atoms with Crippen molar-refractivity contribution in [2.75, 3.05) is 6.61 Å². The first-order valence-electron chi connectivity index (χ1n) is 13.0. The number of ether oxygens (including phenoxy) is 3. The number of benzene rings is 2. The number of aliphatic hydroxyl groups is 6. The van der Waals surface area contributed by atoms with Gasteiger partial charge in [0.1, 0.15) is 65.7 Å². The number of hydrogen-bond donors (Lipinski definition) is 11. The molecule has 0 spiro atoms. The predicted molar refractivity (Wildman–Crippen MR) is 140 cm³/mol. The monoisotopic (exact) mass is 610 g/mol. The van der Waals surface area contributed by atoms with Gasteiger partial charge in [0.15, 0.2) is 29.1 Å². The molecule has 1 aromatic heterocycles. The van der Waals surface area contributed by atoms with Crippen LogP contribution in [-0.2, 0) is 14.2 Å². The number of phenolic OH excluding ortho intramolecular Hbond substituents is 4. The third kappa shape index (κ3) is 5.12. The maximum absolute atomic E-state index is 13.3. The molecule has 3 heterocycles. The molecule has 16 nitrogen and oxygen atoms in total. The molecule has 10 atom stereocenters. The Kier molecular flexibility index (Phi) is 8.16. The molecule has 3 aromatic rings. The van der Waals surface area contributed by atoms with Gasteiger partial charge in [-0.2, -0.15) is 0 Å². The van der Waals surface area contributed by atoms with Gasteiger partial charge in [-0.1, -0.05) is 0 Å². The van der Waals surface area contributed by atoms with Crippen LogP contribution in [0.15, 0.2) is 33.5 Å². The largest absolute Gasteiger partial charge is 0.507 e. The van der Waals surface area contributed by atoms with Gasteiger partial charge in [-0.25, -0.2) is 0 Å². The van der Waals surface area contributed by atoms with Crippen LogP contribution in [0.25, 0.3) is 22.3 Å². The molecule has 2 aromatic carbocycles. The second-order valence-electron chi connectivity index (χ2n) is 10.4. The Balaban J connectivity index is 1.71. The fourth-order valence-electron chi connectivity index (χ4n) is 5.23. The molecule has 2 fully saturated rings. The lowest BCUT2D eigenvalue weighted by molar-refractivity contribution is -0.338.